The van der Waals surface area contributed by atoms with E-state index in [-0.39, 0.29) is 24.4 Å². The van der Waals surface area contributed by atoms with Crippen molar-refractivity contribution in [3.63, 3.8) is 0 Å². The molecule has 2 amide bonds. The van der Waals surface area contributed by atoms with E-state index in [0.717, 1.165) is 17.1 Å². The van der Waals surface area contributed by atoms with Crippen LogP contribution >= 0.6 is 0 Å². The molecule has 1 heterocycles. The summed E-state index contributed by atoms with van der Waals surface area (Å²) in [6.07, 6.45) is 0.667. The lowest BCUT2D eigenvalue weighted by molar-refractivity contribution is 0.214. The van der Waals surface area contributed by atoms with Gasteiger partial charge in [-0.2, -0.15) is 0 Å². The fourth-order valence-electron chi connectivity index (χ4n) is 2.66. The second-order valence-corrected chi connectivity index (χ2v) is 5.64. The highest BCUT2D eigenvalue weighted by Gasteiger charge is 2.21. The van der Waals surface area contributed by atoms with Crippen molar-refractivity contribution in [3.8, 4) is 11.5 Å². The number of nitrogens with one attached hydrogen (secondary N) is 2. The fraction of sp³-hybridized carbons (Fsp3) is 0.278. The number of urea groups is 1. The number of hydrogen-bond acceptors (Lipinski definition) is 3. The van der Waals surface area contributed by atoms with E-state index in [0.29, 0.717) is 18.6 Å². The highest BCUT2D eigenvalue weighted by molar-refractivity contribution is 5.74. The normalized spacial score (nSPS) is 15.8. The number of amides is 2. The molecule has 5 nitrogen and oxygen atoms in total. The van der Waals surface area contributed by atoms with Gasteiger partial charge in [-0.3, -0.25) is 0 Å². The van der Waals surface area contributed by atoms with Crippen molar-refractivity contribution >= 4 is 6.03 Å². The van der Waals surface area contributed by atoms with Gasteiger partial charge in [-0.1, -0.05) is 12.1 Å². The largest absolute Gasteiger partial charge is 0.497 e. The molecule has 1 aliphatic heterocycles. The van der Waals surface area contributed by atoms with Crippen LogP contribution in [-0.2, 0) is 13.0 Å². The van der Waals surface area contributed by atoms with E-state index in [4.69, 9.17) is 9.47 Å². The van der Waals surface area contributed by atoms with Crippen LogP contribution < -0.4 is 20.1 Å². The number of carbonyl (C=O) groups is 1. The van der Waals surface area contributed by atoms with Crippen LogP contribution in [0.25, 0.3) is 0 Å². The van der Waals surface area contributed by atoms with Gasteiger partial charge in [-0.25, -0.2) is 9.18 Å². The Balaban J connectivity index is 1.53. The van der Waals surface area contributed by atoms with Crippen molar-refractivity contribution in [3.05, 3.63) is 59.4 Å². The van der Waals surface area contributed by atoms with E-state index in [2.05, 4.69) is 10.6 Å². The Morgan fingerprint density at radius 3 is 3.00 bits per heavy atom. The zero-order valence-corrected chi connectivity index (χ0v) is 13.3. The first-order chi connectivity index (χ1) is 11.6. The summed E-state index contributed by atoms with van der Waals surface area (Å²) in [5.41, 5.74) is 1.70. The topological polar surface area (TPSA) is 59.6 Å². The third kappa shape index (κ3) is 3.95. The van der Waals surface area contributed by atoms with Crippen molar-refractivity contribution in [2.45, 2.75) is 19.0 Å². The molecule has 2 N–H and O–H groups in total. The Kier molecular flexibility index (Phi) is 4.84. The molecular weight excluding hydrogens is 311 g/mol. The molecule has 0 fully saturated rings. The van der Waals surface area contributed by atoms with Crippen LogP contribution in [0.5, 0.6) is 11.5 Å². The van der Waals surface area contributed by atoms with E-state index in [1.165, 1.54) is 12.1 Å². The van der Waals surface area contributed by atoms with Gasteiger partial charge in [-0.15, -0.1) is 0 Å². The summed E-state index contributed by atoms with van der Waals surface area (Å²) in [6, 6.07) is 11.3. The summed E-state index contributed by atoms with van der Waals surface area (Å²) in [5, 5.41) is 5.60. The van der Waals surface area contributed by atoms with Crippen LogP contribution in [0.4, 0.5) is 9.18 Å². The van der Waals surface area contributed by atoms with Crippen molar-refractivity contribution in [1.82, 2.24) is 10.6 Å². The Morgan fingerprint density at radius 1 is 1.33 bits per heavy atom. The minimum absolute atomic E-state index is 0.128. The van der Waals surface area contributed by atoms with Crippen LogP contribution in [0, 0.1) is 5.82 Å². The molecule has 1 aliphatic rings. The number of methoxy groups -OCH3 is 1. The predicted molar refractivity (Wildman–Crippen MR) is 87.8 cm³/mol. The molecule has 0 bridgehead atoms. The number of benzene rings is 2. The quantitative estimate of drug-likeness (QED) is 0.906. The molecule has 0 aliphatic carbocycles. The first kappa shape index (κ1) is 16.1. The summed E-state index contributed by atoms with van der Waals surface area (Å²) in [5.74, 6) is 1.25. The molecule has 2 aromatic rings. The van der Waals surface area contributed by atoms with Gasteiger partial charge >= 0.3 is 6.03 Å². The minimum Gasteiger partial charge on any atom is -0.497 e. The maximum atomic E-state index is 13.1. The summed E-state index contributed by atoms with van der Waals surface area (Å²) < 4.78 is 24.0. The molecule has 3 rings (SSSR count). The lowest BCUT2D eigenvalue weighted by Crippen LogP contribution is -2.47. The van der Waals surface area contributed by atoms with Gasteiger partial charge < -0.3 is 20.1 Å². The number of ether oxygens (including phenoxy) is 2. The third-order valence-corrected chi connectivity index (χ3v) is 3.85. The van der Waals surface area contributed by atoms with E-state index < -0.39 is 0 Å². The zero-order chi connectivity index (χ0) is 16.9. The van der Waals surface area contributed by atoms with Crippen molar-refractivity contribution in [2.75, 3.05) is 13.7 Å². The van der Waals surface area contributed by atoms with Gasteiger partial charge in [0.25, 0.3) is 0 Å². The van der Waals surface area contributed by atoms with E-state index in [1.807, 2.05) is 18.2 Å². The fourth-order valence-corrected chi connectivity index (χ4v) is 2.66. The zero-order valence-electron chi connectivity index (χ0n) is 13.3. The Labute approximate surface area is 139 Å². The van der Waals surface area contributed by atoms with Gasteiger partial charge in [0.05, 0.1) is 13.2 Å². The summed E-state index contributed by atoms with van der Waals surface area (Å²) in [7, 11) is 1.61. The molecule has 0 aromatic heterocycles. The molecular formula is C18H19FN2O3. The first-order valence-corrected chi connectivity index (χ1v) is 7.72. The maximum absolute atomic E-state index is 13.1. The van der Waals surface area contributed by atoms with E-state index >= 15 is 0 Å². The van der Waals surface area contributed by atoms with Crippen LogP contribution in [0.3, 0.4) is 0 Å². The van der Waals surface area contributed by atoms with Gasteiger partial charge in [0.15, 0.2) is 0 Å². The minimum atomic E-state index is -0.319. The molecule has 1 atom stereocenters. The second-order valence-electron chi connectivity index (χ2n) is 5.64. The highest BCUT2D eigenvalue weighted by Crippen LogP contribution is 2.28. The predicted octanol–water partition coefficient (Wildman–Crippen LogP) is 2.64. The SMILES string of the molecule is COc1ccc2c(c1)C[C@@H](NC(=O)NCc1cccc(F)c1)CO2. The van der Waals surface area contributed by atoms with E-state index in [9.17, 15) is 9.18 Å². The summed E-state index contributed by atoms with van der Waals surface area (Å²) in [6.45, 7) is 0.675. The van der Waals surface area contributed by atoms with Crippen LogP contribution in [0.15, 0.2) is 42.5 Å². The number of hydrogen-bond donors (Lipinski definition) is 2. The second kappa shape index (κ2) is 7.21. The summed E-state index contributed by atoms with van der Waals surface area (Å²) >= 11 is 0. The maximum Gasteiger partial charge on any atom is 0.315 e. The number of halogens is 1. The van der Waals surface area contributed by atoms with Crippen molar-refractivity contribution < 1.29 is 18.7 Å². The van der Waals surface area contributed by atoms with Gasteiger partial charge in [0.1, 0.15) is 23.9 Å². The highest BCUT2D eigenvalue weighted by atomic mass is 19.1. The number of rotatable bonds is 4. The first-order valence-electron chi connectivity index (χ1n) is 7.72. The molecule has 126 valence electrons. The van der Waals surface area contributed by atoms with Crippen LogP contribution in [0.1, 0.15) is 11.1 Å². The Bertz CT molecular complexity index is 736. The molecule has 6 heteroatoms. The standard InChI is InChI=1S/C18H19FN2O3/c1-23-16-5-6-17-13(9-16)8-15(11-24-17)21-18(22)20-10-12-3-2-4-14(19)7-12/h2-7,9,15H,8,10-11H2,1H3,(H2,20,21,22)/t15-/m1/s1. The van der Waals surface area contributed by atoms with Gasteiger partial charge in [0.2, 0.25) is 0 Å². The molecule has 2 aromatic carbocycles. The Morgan fingerprint density at radius 2 is 2.21 bits per heavy atom. The summed E-state index contributed by atoms with van der Waals surface area (Å²) in [4.78, 5) is 12.0. The van der Waals surface area contributed by atoms with Gasteiger partial charge in [0, 0.05) is 6.54 Å². The Hall–Kier alpha value is -2.76. The number of fused-ring (bicyclic) bond motifs is 1. The number of carbonyl (C=O) groups excluding carboxylic acids is 1. The van der Waals surface area contributed by atoms with Crippen molar-refractivity contribution in [1.29, 1.82) is 0 Å². The van der Waals surface area contributed by atoms with Crippen LogP contribution in [-0.4, -0.2) is 25.8 Å². The molecule has 0 saturated heterocycles. The molecule has 0 unspecified atom stereocenters. The molecule has 24 heavy (non-hydrogen) atoms. The smallest absolute Gasteiger partial charge is 0.315 e. The average Bonchev–Trinajstić information content (AvgIpc) is 2.59. The molecule has 0 spiro atoms. The van der Waals surface area contributed by atoms with Gasteiger partial charge in [-0.05, 0) is 47.9 Å². The monoisotopic (exact) mass is 330 g/mol. The lowest BCUT2D eigenvalue weighted by Gasteiger charge is -2.26. The van der Waals surface area contributed by atoms with Crippen LogP contribution in [0.2, 0.25) is 0 Å². The average molecular weight is 330 g/mol. The van der Waals surface area contributed by atoms with Crippen molar-refractivity contribution in [2.24, 2.45) is 0 Å². The molecule has 0 saturated carbocycles. The third-order valence-electron chi connectivity index (χ3n) is 3.85. The lowest BCUT2D eigenvalue weighted by atomic mass is 10.0. The molecule has 0 radical (unpaired) electrons. The van der Waals surface area contributed by atoms with E-state index in [1.54, 1.807) is 19.2 Å².